The Morgan fingerprint density at radius 1 is 1.59 bits per heavy atom. The highest BCUT2D eigenvalue weighted by molar-refractivity contribution is 5.41. The zero-order chi connectivity index (χ0) is 12.1. The maximum absolute atomic E-state index is 5.45. The van der Waals surface area contributed by atoms with Crippen LogP contribution in [0.25, 0.3) is 0 Å². The smallest absolute Gasteiger partial charge is 0.0621 e. The summed E-state index contributed by atoms with van der Waals surface area (Å²) in [7, 11) is 0. The van der Waals surface area contributed by atoms with Crippen molar-refractivity contribution in [3.05, 3.63) is 24.0 Å². The van der Waals surface area contributed by atoms with Crippen molar-refractivity contribution in [3.8, 4) is 0 Å². The number of nitrogens with one attached hydrogen (secondary N) is 2. The van der Waals surface area contributed by atoms with Crippen molar-refractivity contribution in [3.63, 3.8) is 0 Å². The fourth-order valence-corrected chi connectivity index (χ4v) is 2.09. The van der Waals surface area contributed by atoms with Crippen LogP contribution in [0.5, 0.6) is 0 Å². The van der Waals surface area contributed by atoms with E-state index in [-0.39, 0.29) is 0 Å². The molecule has 0 aromatic carbocycles. The molecule has 0 amide bonds. The van der Waals surface area contributed by atoms with Crippen LogP contribution in [0.2, 0.25) is 0 Å². The van der Waals surface area contributed by atoms with Crippen molar-refractivity contribution in [1.29, 1.82) is 0 Å². The number of ether oxygens (including phenoxy) is 1. The lowest BCUT2D eigenvalue weighted by Crippen LogP contribution is -2.43. The summed E-state index contributed by atoms with van der Waals surface area (Å²) in [6.45, 7) is 6.80. The van der Waals surface area contributed by atoms with Crippen molar-refractivity contribution in [2.45, 2.75) is 32.4 Å². The lowest BCUT2D eigenvalue weighted by molar-refractivity contribution is 0.0731. The molecule has 0 radical (unpaired) electrons. The summed E-state index contributed by atoms with van der Waals surface area (Å²) in [4.78, 5) is 4.28. The molecule has 4 heteroatoms. The Labute approximate surface area is 103 Å². The summed E-state index contributed by atoms with van der Waals surface area (Å²) in [5.41, 5.74) is 2.13. The molecule has 17 heavy (non-hydrogen) atoms. The highest BCUT2D eigenvalue weighted by Gasteiger charge is 2.15. The maximum Gasteiger partial charge on any atom is 0.0621 e. The van der Waals surface area contributed by atoms with E-state index in [2.05, 4.69) is 28.6 Å². The summed E-state index contributed by atoms with van der Waals surface area (Å²) in [5.74, 6) is 0. The number of morpholine rings is 1. The predicted octanol–water partition coefficient (Wildman–Crippen LogP) is 1.57. The van der Waals surface area contributed by atoms with Crippen LogP contribution in [0.15, 0.2) is 18.3 Å². The van der Waals surface area contributed by atoms with Crippen LogP contribution in [-0.2, 0) is 4.74 Å². The highest BCUT2D eigenvalue weighted by atomic mass is 16.5. The van der Waals surface area contributed by atoms with Crippen molar-refractivity contribution >= 4 is 5.69 Å². The number of aryl methyl sites for hydroxylation is 1. The van der Waals surface area contributed by atoms with Gasteiger partial charge in [0, 0.05) is 24.3 Å². The SMILES string of the molecule is Cc1ccc(NC(C)CC2COCCN2)cn1. The Kier molecular flexibility index (Phi) is 4.34. The molecule has 0 bridgehead atoms. The maximum atomic E-state index is 5.45. The molecule has 1 aromatic heterocycles. The van der Waals surface area contributed by atoms with Gasteiger partial charge in [-0.3, -0.25) is 4.98 Å². The predicted molar refractivity (Wildman–Crippen MR) is 69.3 cm³/mol. The first-order chi connectivity index (χ1) is 8.24. The van der Waals surface area contributed by atoms with Crippen LogP contribution < -0.4 is 10.6 Å². The summed E-state index contributed by atoms with van der Waals surface area (Å²) in [6, 6.07) is 4.98. The zero-order valence-electron chi connectivity index (χ0n) is 10.6. The van der Waals surface area contributed by atoms with Gasteiger partial charge in [-0.15, -0.1) is 0 Å². The Hall–Kier alpha value is -1.13. The molecule has 1 aliphatic heterocycles. The Bertz CT molecular complexity index is 333. The van der Waals surface area contributed by atoms with Crippen LogP contribution in [0.4, 0.5) is 5.69 Å². The number of pyridine rings is 1. The second-order valence-corrected chi connectivity index (χ2v) is 4.70. The Balaban J connectivity index is 1.79. The van der Waals surface area contributed by atoms with Crippen molar-refractivity contribution in [1.82, 2.24) is 10.3 Å². The van der Waals surface area contributed by atoms with Gasteiger partial charge in [0.15, 0.2) is 0 Å². The molecule has 94 valence electrons. The minimum atomic E-state index is 0.415. The number of anilines is 1. The third-order valence-corrected chi connectivity index (χ3v) is 2.96. The number of nitrogens with zero attached hydrogens (tertiary/aromatic N) is 1. The van der Waals surface area contributed by atoms with Gasteiger partial charge in [-0.2, -0.15) is 0 Å². The Morgan fingerprint density at radius 3 is 3.12 bits per heavy atom. The first kappa shape index (κ1) is 12.3. The molecular weight excluding hydrogens is 214 g/mol. The standard InChI is InChI=1S/C13H21N3O/c1-10-3-4-12(8-15-10)16-11(2)7-13-9-17-6-5-14-13/h3-4,8,11,13-14,16H,5-7,9H2,1-2H3. The second kappa shape index (κ2) is 5.98. The summed E-state index contributed by atoms with van der Waals surface area (Å²) in [5, 5.41) is 6.92. The van der Waals surface area contributed by atoms with Crippen LogP contribution >= 0.6 is 0 Å². The highest BCUT2D eigenvalue weighted by Crippen LogP contribution is 2.11. The second-order valence-electron chi connectivity index (χ2n) is 4.70. The lowest BCUT2D eigenvalue weighted by atomic mass is 10.1. The monoisotopic (exact) mass is 235 g/mol. The average Bonchev–Trinajstić information content (AvgIpc) is 2.33. The van der Waals surface area contributed by atoms with Gasteiger partial charge in [0.25, 0.3) is 0 Å². The van der Waals surface area contributed by atoms with Crippen LogP contribution in [-0.4, -0.2) is 36.8 Å². The van der Waals surface area contributed by atoms with E-state index in [0.717, 1.165) is 37.6 Å². The largest absolute Gasteiger partial charge is 0.381 e. The van der Waals surface area contributed by atoms with E-state index in [1.54, 1.807) is 0 Å². The zero-order valence-corrected chi connectivity index (χ0v) is 10.6. The lowest BCUT2D eigenvalue weighted by Gasteiger charge is -2.27. The molecule has 0 spiro atoms. The molecule has 0 aliphatic carbocycles. The number of hydrogen-bond donors (Lipinski definition) is 2. The van der Waals surface area contributed by atoms with Crippen molar-refractivity contribution < 1.29 is 4.74 Å². The van der Waals surface area contributed by atoms with Crippen LogP contribution in [0.1, 0.15) is 19.0 Å². The Morgan fingerprint density at radius 2 is 2.47 bits per heavy atom. The molecule has 4 nitrogen and oxygen atoms in total. The van der Waals surface area contributed by atoms with Gasteiger partial charge < -0.3 is 15.4 Å². The molecule has 2 unspecified atom stereocenters. The molecule has 2 heterocycles. The molecule has 2 rings (SSSR count). The first-order valence-electron chi connectivity index (χ1n) is 6.24. The van der Waals surface area contributed by atoms with Crippen molar-refractivity contribution in [2.75, 3.05) is 25.1 Å². The minimum Gasteiger partial charge on any atom is -0.381 e. The van der Waals surface area contributed by atoms with Gasteiger partial charge in [0.05, 0.1) is 25.1 Å². The van der Waals surface area contributed by atoms with Crippen LogP contribution in [0.3, 0.4) is 0 Å². The van der Waals surface area contributed by atoms with Gasteiger partial charge in [0.1, 0.15) is 0 Å². The van der Waals surface area contributed by atoms with E-state index < -0.39 is 0 Å². The summed E-state index contributed by atoms with van der Waals surface area (Å²) < 4.78 is 5.45. The molecule has 1 fully saturated rings. The minimum absolute atomic E-state index is 0.415. The van der Waals surface area contributed by atoms with E-state index in [0.29, 0.717) is 12.1 Å². The average molecular weight is 235 g/mol. The van der Waals surface area contributed by atoms with E-state index in [1.807, 2.05) is 19.2 Å². The van der Waals surface area contributed by atoms with Gasteiger partial charge in [-0.25, -0.2) is 0 Å². The number of hydrogen-bond acceptors (Lipinski definition) is 4. The van der Waals surface area contributed by atoms with E-state index in [1.165, 1.54) is 0 Å². The topological polar surface area (TPSA) is 46.2 Å². The summed E-state index contributed by atoms with van der Waals surface area (Å²) in [6.07, 6.45) is 2.95. The van der Waals surface area contributed by atoms with Gasteiger partial charge in [0.2, 0.25) is 0 Å². The van der Waals surface area contributed by atoms with Crippen LogP contribution in [0, 0.1) is 6.92 Å². The molecule has 2 N–H and O–H groups in total. The van der Waals surface area contributed by atoms with E-state index in [4.69, 9.17) is 4.74 Å². The number of aromatic nitrogens is 1. The first-order valence-corrected chi connectivity index (χ1v) is 6.24. The molecule has 0 saturated carbocycles. The van der Waals surface area contributed by atoms with Crippen molar-refractivity contribution in [2.24, 2.45) is 0 Å². The number of rotatable bonds is 4. The quantitative estimate of drug-likeness (QED) is 0.831. The fourth-order valence-electron chi connectivity index (χ4n) is 2.09. The molecule has 1 aliphatic rings. The van der Waals surface area contributed by atoms with Gasteiger partial charge in [-0.05, 0) is 32.4 Å². The van der Waals surface area contributed by atoms with Gasteiger partial charge in [-0.1, -0.05) is 0 Å². The normalized spacial score (nSPS) is 22.1. The molecule has 1 saturated heterocycles. The molecule has 1 aromatic rings. The van der Waals surface area contributed by atoms with E-state index in [9.17, 15) is 0 Å². The third-order valence-electron chi connectivity index (χ3n) is 2.96. The molecular formula is C13H21N3O. The summed E-state index contributed by atoms with van der Waals surface area (Å²) >= 11 is 0. The third kappa shape index (κ3) is 3.98. The van der Waals surface area contributed by atoms with E-state index >= 15 is 0 Å². The molecule has 2 atom stereocenters. The van der Waals surface area contributed by atoms with Gasteiger partial charge >= 0.3 is 0 Å². The fraction of sp³-hybridized carbons (Fsp3) is 0.615.